The zero-order chi connectivity index (χ0) is 28.0. The van der Waals surface area contributed by atoms with Crippen LogP contribution in [0, 0.1) is 0 Å². The summed E-state index contributed by atoms with van der Waals surface area (Å²) >= 11 is 0. The van der Waals surface area contributed by atoms with Crippen molar-refractivity contribution in [3.8, 4) is 11.1 Å². The minimum absolute atomic E-state index is 0.0661. The van der Waals surface area contributed by atoms with Crippen LogP contribution in [0.1, 0.15) is 29.9 Å². The summed E-state index contributed by atoms with van der Waals surface area (Å²) < 4.78 is 26.1. The minimum atomic E-state index is -0.546. The van der Waals surface area contributed by atoms with Crippen LogP contribution < -0.4 is 16.0 Å². The second-order valence-corrected chi connectivity index (χ2v) is 8.90. The highest BCUT2D eigenvalue weighted by molar-refractivity contribution is 5.94. The summed E-state index contributed by atoms with van der Waals surface area (Å²) in [6.45, 7) is 1.95. The Hall–Kier alpha value is -3.51. The van der Waals surface area contributed by atoms with Crippen LogP contribution in [-0.2, 0) is 33.3 Å². The van der Waals surface area contributed by atoms with Crippen LogP contribution in [0.2, 0.25) is 0 Å². The molecule has 0 atom stereocenters. The maximum atomic E-state index is 12.4. The summed E-state index contributed by atoms with van der Waals surface area (Å²) in [6, 6.07) is 11.3. The van der Waals surface area contributed by atoms with Crippen molar-refractivity contribution < 1.29 is 38.1 Å². The van der Waals surface area contributed by atoms with Gasteiger partial charge >= 0.3 is 6.09 Å². The number of alkyl carbamates (subject to hydrolysis) is 1. The predicted molar refractivity (Wildman–Crippen MR) is 146 cm³/mol. The molecule has 0 unspecified atom stereocenters. The van der Waals surface area contributed by atoms with Crippen molar-refractivity contribution >= 4 is 29.3 Å². The van der Waals surface area contributed by atoms with E-state index in [9.17, 15) is 14.4 Å². The number of anilines is 2. The van der Waals surface area contributed by atoms with Gasteiger partial charge in [-0.25, -0.2) is 4.79 Å². The van der Waals surface area contributed by atoms with Gasteiger partial charge in [-0.2, -0.15) is 0 Å². The molecule has 0 aromatic heterocycles. The first-order valence-electron chi connectivity index (χ1n) is 12.8. The third-order valence-corrected chi connectivity index (χ3v) is 6.04. The van der Waals surface area contributed by atoms with E-state index < -0.39 is 6.09 Å². The predicted octanol–water partition coefficient (Wildman–Crippen LogP) is 3.14. The molecule has 0 fully saturated rings. The third kappa shape index (κ3) is 9.03. The second-order valence-electron chi connectivity index (χ2n) is 8.90. The molecular formula is C28H37N3O8. The Bertz CT molecular complexity index is 1050. The first-order valence-corrected chi connectivity index (χ1v) is 12.8. The first-order chi connectivity index (χ1) is 19.0. The molecule has 2 aromatic carbocycles. The number of carbonyl (C=O) groups excluding carboxylic acids is 3. The molecule has 0 bridgehead atoms. The SMILES string of the molecule is CNC(=O)OCC1c2cc(NC(=O)COCCCOC)ccc2-c2ccc(NC(=O)COCCCOC)cc21. The molecule has 1 aliphatic rings. The molecule has 0 radical (unpaired) electrons. The topological polar surface area (TPSA) is 133 Å². The monoisotopic (exact) mass is 543 g/mol. The number of rotatable bonds is 16. The Morgan fingerprint density at radius 2 is 1.23 bits per heavy atom. The average Bonchev–Trinajstić information content (AvgIpc) is 3.23. The molecule has 3 amide bonds. The Morgan fingerprint density at radius 1 is 0.744 bits per heavy atom. The molecule has 11 nitrogen and oxygen atoms in total. The standard InChI is InChI=1S/C28H37N3O8/c1-29-28(34)39-16-25-23-14-19(30-26(32)17-37-12-4-10-35-2)6-8-21(23)22-9-7-20(15-24(22)25)31-27(33)18-38-13-5-11-36-3/h6-9,14-15,25H,4-5,10-13,16-18H2,1-3H3,(H,29,34)(H,30,32)(H,31,33). The van der Waals surface area contributed by atoms with Gasteiger partial charge in [-0.3, -0.25) is 9.59 Å². The number of carbonyl (C=O) groups is 3. The largest absolute Gasteiger partial charge is 0.449 e. The summed E-state index contributed by atoms with van der Waals surface area (Å²) in [7, 11) is 4.73. The van der Waals surface area contributed by atoms with Gasteiger partial charge in [-0.05, 0) is 59.4 Å². The highest BCUT2D eigenvalue weighted by atomic mass is 16.5. The lowest BCUT2D eigenvalue weighted by atomic mass is 9.97. The Labute approximate surface area is 228 Å². The van der Waals surface area contributed by atoms with Gasteiger partial charge in [0.05, 0.1) is 0 Å². The molecule has 0 saturated heterocycles. The maximum absolute atomic E-state index is 12.4. The molecule has 1 aliphatic carbocycles. The van der Waals surface area contributed by atoms with Crippen molar-refractivity contribution in [3.05, 3.63) is 47.5 Å². The van der Waals surface area contributed by atoms with Gasteiger partial charge in [0.2, 0.25) is 11.8 Å². The van der Waals surface area contributed by atoms with E-state index in [1.807, 2.05) is 36.4 Å². The lowest BCUT2D eigenvalue weighted by Gasteiger charge is -2.16. The fourth-order valence-corrected chi connectivity index (χ4v) is 4.26. The molecule has 39 heavy (non-hydrogen) atoms. The van der Waals surface area contributed by atoms with E-state index >= 15 is 0 Å². The van der Waals surface area contributed by atoms with E-state index in [0.29, 0.717) is 50.6 Å². The fourth-order valence-electron chi connectivity index (χ4n) is 4.26. The molecular weight excluding hydrogens is 506 g/mol. The van der Waals surface area contributed by atoms with Crippen LogP contribution in [0.25, 0.3) is 11.1 Å². The molecule has 0 aliphatic heterocycles. The van der Waals surface area contributed by atoms with Crippen LogP contribution in [-0.4, -0.2) is 85.4 Å². The molecule has 2 aromatic rings. The number of nitrogens with one attached hydrogen (secondary N) is 3. The van der Waals surface area contributed by atoms with Gasteiger partial charge in [-0.15, -0.1) is 0 Å². The van der Waals surface area contributed by atoms with Gasteiger partial charge < -0.3 is 39.6 Å². The van der Waals surface area contributed by atoms with Gasteiger partial charge in [-0.1, -0.05) is 12.1 Å². The Kier molecular flexibility index (Phi) is 12.2. The molecule has 0 heterocycles. The van der Waals surface area contributed by atoms with E-state index in [4.69, 9.17) is 23.7 Å². The number of methoxy groups -OCH3 is 2. The van der Waals surface area contributed by atoms with Gasteiger partial charge in [0.1, 0.15) is 19.8 Å². The highest BCUT2D eigenvalue weighted by Gasteiger charge is 2.30. The van der Waals surface area contributed by atoms with Crippen molar-refractivity contribution in [2.24, 2.45) is 0 Å². The van der Waals surface area contributed by atoms with Gasteiger partial charge in [0.15, 0.2) is 0 Å². The smallest absolute Gasteiger partial charge is 0.406 e. The number of fused-ring (bicyclic) bond motifs is 3. The molecule has 3 rings (SSSR count). The van der Waals surface area contributed by atoms with Crippen LogP contribution in [0.15, 0.2) is 36.4 Å². The number of amides is 3. The van der Waals surface area contributed by atoms with Crippen molar-refractivity contribution in [2.45, 2.75) is 18.8 Å². The van der Waals surface area contributed by atoms with E-state index in [-0.39, 0.29) is 37.6 Å². The van der Waals surface area contributed by atoms with Crippen LogP contribution >= 0.6 is 0 Å². The normalized spacial score (nSPS) is 12.0. The summed E-state index contributed by atoms with van der Waals surface area (Å²) in [4.78, 5) is 36.6. The fraction of sp³-hybridized carbons (Fsp3) is 0.464. The van der Waals surface area contributed by atoms with Gasteiger partial charge in [0.25, 0.3) is 0 Å². The lowest BCUT2D eigenvalue weighted by Crippen LogP contribution is -2.22. The number of ether oxygens (including phenoxy) is 5. The lowest BCUT2D eigenvalue weighted by molar-refractivity contribution is -0.121. The van der Waals surface area contributed by atoms with Crippen molar-refractivity contribution in [3.63, 3.8) is 0 Å². The van der Waals surface area contributed by atoms with Crippen LogP contribution in [0.4, 0.5) is 16.2 Å². The number of hydrogen-bond acceptors (Lipinski definition) is 8. The third-order valence-electron chi connectivity index (χ3n) is 6.04. The molecule has 0 spiro atoms. The maximum Gasteiger partial charge on any atom is 0.406 e. The second kappa shape index (κ2) is 15.8. The average molecular weight is 544 g/mol. The van der Waals surface area contributed by atoms with E-state index in [1.165, 1.54) is 7.05 Å². The number of hydrogen-bond donors (Lipinski definition) is 3. The van der Waals surface area contributed by atoms with Crippen LogP contribution in [0.3, 0.4) is 0 Å². The Morgan fingerprint density at radius 3 is 1.67 bits per heavy atom. The first kappa shape index (κ1) is 30.0. The van der Waals surface area contributed by atoms with Crippen molar-refractivity contribution in [2.75, 3.05) is 78.1 Å². The zero-order valence-corrected chi connectivity index (χ0v) is 22.7. The summed E-state index contributed by atoms with van der Waals surface area (Å²) in [6.07, 6.45) is 0.866. The quantitative estimate of drug-likeness (QED) is 0.275. The minimum Gasteiger partial charge on any atom is -0.449 e. The highest BCUT2D eigenvalue weighted by Crippen LogP contribution is 2.46. The van der Waals surface area contributed by atoms with Crippen molar-refractivity contribution in [1.82, 2.24) is 5.32 Å². The van der Waals surface area contributed by atoms with Crippen LogP contribution in [0.5, 0.6) is 0 Å². The Balaban J connectivity index is 1.71. The van der Waals surface area contributed by atoms with Gasteiger partial charge in [0, 0.05) is 65.0 Å². The van der Waals surface area contributed by atoms with E-state index in [1.54, 1.807) is 14.2 Å². The summed E-state index contributed by atoms with van der Waals surface area (Å²) in [5, 5.41) is 8.18. The zero-order valence-electron chi connectivity index (χ0n) is 22.7. The molecule has 212 valence electrons. The van der Waals surface area contributed by atoms with E-state index in [0.717, 1.165) is 22.3 Å². The van der Waals surface area contributed by atoms with E-state index in [2.05, 4.69) is 16.0 Å². The van der Waals surface area contributed by atoms with Crippen molar-refractivity contribution in [1.29, 1.82) is 0 Å². The number of benzene rings is 2. The summed E-state index contributed by atoms with van der Waals surface area (Å²) in [5.41, 5.74) is 4.94. The molecule has 0 saturated carbocycles. The molecule has 3 N–H and O–H groups in total. The molecule has 11 heteroatoms. The summed E-state index contributed by atoms with van der Waals surface area (Å²) in [5.74, 6) is -0.831.